The van der Waals surface area contributed by atoms with E-state index in [0.29, 0.717) is 18.8 Å². The Bertz CT molecular complexity index is 436. The molecule has 1 saturated heterocycles. The molecule has 1 aromatic rings. The molecule has 18 heavy (non-hydrogen) atoms. The molecule has 98 valence electrons. The van der Waals surface area contributed by atoms with Gasteiger partial charge in [-0.3, -0.25) is 9.78 Å². The molecule has 0 saturated carbocycles. The van der Waals surface area contributed by atoms with Crippen LogP contribution in [-0.2, 0) is 11.3 Å². The van der Waals surface area contributed by atoms with Crippen LogP contribution in [0, 0.1) is 6.92 Å². The standard InChI is InChI=1S/C12H18N4O2/c1-8-5-14-10(12(15-8)18-2)7-13-6-9-3-4-11(17)16-9/h5,9,13H,3-4,6-7H2,1-2H3,(H,16,17)/t9-/m1/s1. The molecule has 6 heteroatoms. The average Bonchev–Trinajstić information content (AvgIpc) is 2.77. The minimum Gasteiger partial charge on any atom is -0.480 e. The van der Waals surface area contributed by atoms with Crippen molar-refractivity contribution < 1.29 is 9.53 Å². The maximum absolute atomic E-state index is 11.0. The molecule has 0 bridgehead atoms. The Morgan fingerprint density at radius 1 is 1.61 bits per heavy atom. The lowest BCUT2D eigenvalue weighted by atomic mass is 10.2. The average molecular weight is 250 g/mol. The number of hydrogen-bond acceptors (Lipinski definition) is 5. The lowest BCUT2D eigenvalue weighted by molar-refractivity contribution is -0.119. The predicted molar refractivity (Wildman–Crippen MR) is 66.2 cm³/mol. The van der Waals surface area contributed by atoms with Crippen molar-refractivity contribution in [2.45, 2.75) is 32.4 Å². The van der Waals surface area contributed by atoms with Gasteiger partial charge < -0.3 is 15.4 Å². The molecule has 2 rings (SSSR count). The van der Waals surface area contributed by atoms with Crippen molar-refractivity contribution >= 4 is 5.91 Å². The van der Waals surface area contributed by atoms with E-state index in [0.717, 1.165) is 24.4 Å². The smallest absolute Gasteiger partial charge is 0.236 e. The van der Waals surface area contributed by atoms with Gasteiger partial charge in [0, 0.05) is 31.7 Å². The summed E-state index contributed by atoms with van der Waals surface area (Å²) in [5, 5.41) is 6.17. The van der Waals surface area contributed by atoms with Crippen LogP contribution in [0.4, 0.5) is 0 Å². The molecule has 0 spiro atoms. The summed E-state index contributed by atoms with van der Waals surface area (Å²) in [5.74, 6) is 0.687. The van der Waals surface area contributed by atoms with Crippen molar-refractivity contribution in [2.24, 2.45) is 0 Å². The number of carbonyl (C=O) groups is 1. The van der Waals surface area contributed by atoms with Crippen molar-refractivity contribution in [3.05, 3.63) is 17.6 Å². The third kappa shape index (κ3) is 3.16. The molecule has 2 N–H and O–H groups in total. The van der Waals surface area contributed by atoms with Crippen LogP contribution in [0.25, 0.3) is 0 Å². The number of nitrogens with one attached hydrogen (secondary N) is 2. The zero-order valence-corrected chi connectivity index (χ0v) is 10.7. The molecule has 0 unspecified atom stereocenters. The number of hydrogen-bond donors (Lipinski definition) is 2. The van der Waals surface area contributed by atoms with Gasteiger partial charge in [0.2, 0.25) is 11.8 Å². The van der Waals surface area contributed by atoms with Gasteiger partial charge in [-0.05, 0) is 13.3 Å². The van der Waals surface area contributed by atoms with E-state index in [4.69, 9.17) is 4.74 Å². The van der Waals surface area contributed by atoms with Crippen LogP contribution in [0.1, 0.15) is 24.2 Å². The molecule has 1 aliphatic heterocycles. The Kier molecular flexibility index (Phi) is 4.09. The first-order chi connectivity index (χ1) is 8.69. The minimum atomic E-state index is 0.134. The van der Waals surface area contributed by atoms with E-state index >= 15 is 0 Å². The van der Waals surface area contributed by atoms with Gasteiger partial charge >= 0.3 is 0 Å². The number of amides is 1. The summed E-state index contributed by atoms with van der Waals surface area (Å²) in [4.78, 5) is 19.6. The molecule has 2 heterocycles. The highest BCUT2D eigenvalue weighted by atomic mass is 16.5. The first-order valence-corrected chi connectivity index (χ1v) is 6.05. The summed E-state index contributed by atoms with van der Waals surface area (Å²) in [6.45, 7) is 3.20. The summed E-state index contributed by atoms with van der Waals surface area (Å²) in [6.07, 6.45) is 3.24. The van der Waals surface area contributed by atoms with Crippen LogP contribution >= 0.6 is 0 Å². The third-order valence-corrected chi connectivity index (χ3v) is 2.89. The highest BCUT2D eigenvalue weighted by Gasteiger charge is 2.20. The molecule has 0 radical (unpaired) electrons. The number of rotatable bonds is 5. The first kappa shape index (κ1) is 12.8. The number of carbonyl (C=O) groups excluding carboxylic acids is 1. The number of aromatic nitrogens is 2. The van der Waals surface area contributed by atoms with E-state index in [9.17, 15) is 4.79 Å². The van der Waals surface area contributed by atoms with E-state index in [1.807, 2.05) is 6.92 Å². The van der Waals surface area contributed by atoms with Gasteiger partial charge in [-0.1, -0.05) is 0 Å². The van der Waals surface area contributed by atoms with Gasteiger partial charge in [-0.15, -0.1) is 0 Å². The Balaban J connectivity index is 1.84. The Morgan fingerprint density at radius 3 is 3.11 bits per heavy atom. The summed E-state index contributed by atoms with van der Waals surface area (Å²) in [6, 6.07) is 0.224. The van der Waals surface area contributed by atoms with E-state index in [2.05, 4.69) is 20.6 Å². The topological polar surface area (TPSA) is 76.1 Å². The lowest BCUT2D eigenvalue weighted by Gasteiger charge is -2.12. The Labute approximate surface area is 106 Å². The quantitative estimate of drug-likeness (QED) is 0.778. The molecule has 1 aliphatic rings. The van der Waals surface area contributed by atoms with Gasteiger partial charge in [-0.2, -0.15) is 0 Å². The maximum Gasteiger partial charge on any atom is 0.236 e. The van der Waals surface area contributed by atoms with Gasteiger partial charge in [0.15, 0.2) is 0 Å². The van der Waals surface area contributed by atoms with Gasteiger partial charge in [0.25, 0.3) is 0 Å². The molecular formula is C12H18N4O2. The highest BCUT2D eigenvalue weighted by molar-refractivity contribution is 5.78. The van der Waals surface area contributed by atoms with Crippen LogP contribution in [-0.4, -0.2) is 35.6 Å². The molecule has 1 amide bonds. The summed E-state index contributed by atoms with van der Waals surface area (Å²) < 4.78 is 5.18. The normalized spacial score (nSPS) is 18.8. The van der Waals surface area contributed by atoms with Crippen molar-refractivity contribution in [3.63, 3.8) is 0 Å². The number of nitrogens with zero attached hydrogens (tertiary/aromatic N) is 2. The Morgan fingerprint density at radius 2 is 2.44 bits per heavy atom. The third-order valence-electron chi connectivity index (χ3n) is 2.89. The fourth-order valence-electron chi connectivity index (χ4n) is 1.96. The molecule has 0 aliphatic carbocycles. The second-order valence-corrected chi connectivity index (χ2v) is 4.40. The predicted octanol–water partition coefficient (Wildman–Crippen LogP) is 0.162. The second kappa shape index (κ2) is 5.77. The molecular weight excluding hydrogens is 232 g/mol. The number of methoxy groups -OCH3 is 1. The Hall–Kier alpha value is -1.69. The van der Waals surface area contributed by atoms with Crippen molar-refractivity contribution in [3.8, 4) is 5.88 Å². The zero-order chi connectivity index (χ0) is 13.0. The fourth-order valence-corrected chi connectivity index (χ4v) is 1.96. The molecule has 6 nitrogen and oxygen atoms in total. The SMILES string of the molecule is COc1nc(C)cnc1CNC[C@H]1CCC(=O)N1. The number of ether oxygens (including phenoxy) is 1. The van der Waals surface area contributed by atoms with E-state index in [-0.39, 0.29) is 11.9 Å². The van der Waals surface area contributed by atoms with Gasteiger partial charge in [0.1, 0.15) is 5.69 Å². The highest BCUT2D eigenvalue weighted by Crippen LogP contribution is 2.12. The van der Waals surface area contributed by atoms with Crippen molar-refractivity contribution in [2.75, 3.05) is 13.7 Å². The molecule has 0 aromatic carbocycles. The summed E-state index contributed by atoms with van der Waals surface area (Å²) >= 11 is 0. The van der Waals surface area contributed by atoms with E-state index < -0.39 is 0 Å². The summed E-state index contributed by atoms with van der Waals surface area (Å²) in [7, 11) is 1.59. The van der Waals surface area contributed by atoms with Crippen LogP contribution in [0.3, 0.4) is 0 Å². The fraction of sp³-hybridized carbons (Fsp3) is 0.583. The first-order valence-electron chi connectivity index (χ1n) is 6.05. The maximum atomic E-state index is 11.0. The zero-order valence-electron chi connectivity index (χ0n) is 10.7. The van der Waals surface area contributed by atoms with E-state index in [1.54, 1.807) is 13.3 Å². The second-order valence-electron chi connectivity index (χ2n) is 4.40. The van der Waals surface area contributed by atoms with Crippen molar-refractivity contribution in [1.82, 2.24) is 20.6 Å². The molecule has 1 aromatic heterocycles. The summed E-state index contributed by atoms with van der Waals surface area (Å²) in [5.41, 5.74) is 1.62. The van der Waals surface area contributed by atoms with E-state index in [1.165, 1.54) is 0 Å². The monoisotopic (exact) mass is 250 g/mol. The minimum absolute atomic E-state index is 0.134. The lowest BCUT2D eigenvalue weighted by Crippen LogP contribution is -2.35. The largest absolute Gasteiger partial charge is 0.480 e. The number of aryl methyl sites for hydroxylation is 1. The van der Waals surface area contributed by atoms with Gasteiger partial charge in [-0.25, -0.2) is 4.98 Å². The van der Waals surface area contributed by atoms with Crippen LogP contribution < -0.4 is 15.4 Å². The molecule has 1 fully saturated rings. The van der Waals surface area contributed by atoms with Crippen LogP contribution in [0.2, 0.25) is 0 Å². The van der Waals surface area contributed by atoms with Crippen molar-refractivity contribution in [1.29, 1.82) is 0 Å². The van der Waals surface area contributed by atoms with Gasteiger partial charge in [0.05, 0.1) is 12.8 Å². The molecule has 1 atom stereocenters. The van der Waals surface area contributed by atoms with Crippen LogP contribution in [0.5, 0.6) is 5.88 Å². The van der Waals surface area contributed by atoms with Crippen LogP contribution in [0.15, 0.2) is 6.20 Å².